The van der Waals surface area contributed by atoms with Gasteiger partial charge in [0.25, 0.3) is 0 Å². The second-order valence-corrected chi connectivity index (χ2v) is 5.33. The number of hydrogen-bond acceptors (Lipinski definition) is 4. The fourth-order valence-corrected chi connectivity index (χ4v) is 2.53. The minimum atomic E-state index is 0.164. The molecule has 0 unspecified atom stereocenters. The van der Waals surface area contributed by atoms with Crippen molar-refractivity contribution in [1.82, 2.24) is 15.0 Å². The molecule has 0 saturated heterocycles. The van der Waals surface area contributed by atoms with Crippen molar-refractivity contribution in [2.24, 2.45) is 0 Å². The number of ether oxygens (including phenoxy) is 1. The molecule has 0 fully saturated rings. The smallest absolute Gasteiger partial charge is 0.227 e. The van der Waals surface area contributed by atoms with Gasteiger partial charge in [-0.3, -0.25) is 4.98 Å². The SMILES string of the molecule is CC(C)c1c(Cl)ncnc1Oc1cccc2cccnc12. The highest BCUT2D eigenvalue weighted by Crippen LogP contribution is 2.34. The summed E-state index contributed by atoms with van der Waals surface area (Å²) < 4.78 is 5.97. The predicted molar refractivity (Wildman–Crippen MR) is 82.9 cm³/mol. The third-order valence-corrected chi connectivity index (χ3v) is 3.48. The summed E-state index contributed by atoms with van der Waals surface area (Å²) in [6.07, 6.45) is 3.15. The molecule has 0 saturated carbocycles. The van der Waals surface area contributed by atoms with Gasteiger partial charge in [0.05, 0.1) is 5.56 Å². The normalized spacial score (nSPS) is 11.0. The standard InChI is InChI=1S/C16H14ClN3O/c1-10(2)13-15(17)19-9-20-16(13)21-12-7-3-5-11-6-4-8-18-14(11)12/h3-10H,1-2H3. The fraction of sp³-hybridized carbons (Fsp3) is 0.188. The Bertz CT molecular complexity index is 784. The van der Waals surface area contributed by atoms with Crippen LogP contribution < -0.4 is 4.74 Å². The Balaban J connectivity index is 2.09. The van der Waals surface area contributed by atoms with Crippen LogP contribution in [-0.2, 0) is 0 Å². The molecule has 0 atom stereocenters. The molecule has 0 bridgehead atoms. The molecule has 0 amide bonds. The molecule has 0 N–H and O–H groups in total. The zero-order chi connectivity index (χ0) is 14.8. The number of halogens is 1. The molecule has 3 aromatic rings. The molecule has 106 valence electrons. The molecular weight excluding hydrogens is 286 g/mol. The third kappa shape index (κ3) is 2.67. The molecule has 5 heteroatoms. The van der Waals surface area contributed by atoms with E-state index in [2.05, 4.69) is 15.0 Å². The highest BCUT2D eigenvalue weighted by Gasteiger charge is 2.16. The van der Waals surface area contributed by atoms with E-state index in [0.29, 0.717) is 16.8 Å². The predicted octanol–water partition coefficient (Wildman–Crippen LogP) is 4.59. The quantitative estimate of drug-likeness (QED) is 0.663. The number of fused-ring (bicyclic) bond motifs is 1. The Labute approximate surface area is 127 Å². The first-order chi connectivity index (χ1) is 10.2. The maximum Gasteiger partial charge on any atom is 0.227 e. The number of hydrogen-bond donors (Lipinski definition) is 0. The summed E-state index contributed by atoms with van der Waals surface area (Å²) in [6.45, 7) is 4.05. The molecule has 4 nitrogen and oxygen atoms in total. The van der Waals surface area contributed by atoms with Gasteiger partial charge in [0.2, 0.25) is 5.88 Å². The fourth-order valence-electron chi connectivity index (χ4n) is 2.19. The van der Waals surface area contributed by atoms with Crippen molar-refractivity contribution < 1.29 is 4.74 Å². The lowest BCUT2D eigenvalue weighted by molar-refractivity contribution is 0.455. The van der Waals surface area contributed by atoms with Crippen molar-refractivity contribution in [2.75, 3.05) is 0 Å². The number of rotatable bonds is 3. The maximum atomic E-state index is 6.16. The van der Waals surface area contributed by atoms with Gasteiger partial charge in [0.15, 0.2) is 5.75 Å². The second-order valence-electron chi connectivity index (χ2n) is 4.97. The van der Waals surface area contributed by atoms with E-state index in [1.54, 1.807) is 6.20 Å². The van der Waals surface area contributed by atoms with E-state index in [9.17, 15) is 0 Å². The van der Waals surface area contributed by atoms with Crippen molar-refractivity contribution in [1.29, 1.82) is 0 Å². The van der Waals surface area contributed by atoms with E-state index in [1.807, 2.05) is 44.2 Å². The van der Waals surface area contributed by atoms with Gasteiger partial charge >= 0.3 is 0 Å². The summed E-state index contributed by atoms with van der Waals surface area (Å²) in [7, 11) is 0. The molecule has 0 aliphatic carbocycles. The van der Waals surface area contributed by atoms with Crippen molar-refractivity contribution in [2.45, 2.75) is 19.8 Å². The van der Waals surface area contributed by atoms with Crippen LogP contribution in [0.3, 0.4) is 0 Å². The molecule has 0 radical (unpaired) electrons. The largest absolute Gasteiger partial charge is 0.436 e. The minimum absolute atomic E-state index is 0.164. The van der Waals surface area contributed by atoms with E-state index in [4.69, 9.17) is 16.3 Å². The number of aromatic nitrogens is 3. The molecule has 1 aromatic carbocycles. The summed E-state index contributed by atoms with van der Waals surface area (Å²) in [5.74, 6) is 1.30. The highest BCUT2D eigenvalue weighted by atomic mass is 35.5. The third-order valence-electron chi connectivity index (χ3n) is 3.18. The number of pyridine rings is 1. The molecule has 21 heavy (non-hydrogen) atoms. The maximum absolute atomic E-state index is 6.16. The molecule has 0 aliphatic rings. The molecule has 3 rings (SSSR count). The number of benzene rings is 1. The first kappa shape index (κ1) is 13.8. The van der Waals surface area contributed by atoms with E-state index in [-0.39, 0.29) is 5.92 Å². The Kier molecular flexibility index (Phi) is 3.71. The zero-order valence-electron chi connectivity index (χ0n) is 11.7. The highest BCUT2D eigenvalue weighted by molar-refractivity contribution is 6.30. The molecular formula is C16H14ClN3O. The van der Waals surface area contributed by atoms with Gasteiger partial charge in [0.1, 0.15) is 17.0 Å². The van der Waals surface area contributed by atoms with Crippen LogP contribution >= 0.6 is 11.6 Å². The summed E-state index contributed by atoms with van der Waals surface area (Å²) >= 11 is 6.16. The average molecular weight is 300 g/mol. The van der Waals surface area contributed by atoms with E-state index >= 15 is 0 Å². The van der Waals surface area contributed by atoms with Crippen LogP contribution in [0.1, 0.15) is 25.3 Å². The minimum Gasteiger partial charge on any atom is -0.436 e. The van der Waals surface area contributed by atoms with Gasteiger partial charge in [0, 0.05) is 11.6 Å². The molecule has 0 aliphatic heterocycles. The van der Waals surface area contributed by atoms with Crippen LogP contribution in [-0.4, -0.2) is 15.0 Å². The van der Waals surface area contributed by atoms with Crippen molar-refractivity contribution in [3.05, 3.63) is 53.6 Å². The van der Waals surface area contributed by atoms with Crippen LogP contribution in [0.2, 0.25) is 5.15 Å². The van der Waals surface area contributed by atoms with Gasteiger partial charge in [-0.1, -0.05) is 43.6 Å². The monoisotopic (exact) mass is 299 g/mol. The van der Waals surface area contributed by atoms with Gasteiger partial charge < -0.3 is 4.74 Å². The van der Waals surface area contributed by atoms with Crippen molar-refractivity contribution >= 4 is 22.5 Å². The van der Waals surface area contributed by atoms with Crippen LogP contribution in [0.5, 0.6) is 11.6 Å². The molecule has 2 aromatic heterocycles. The van der Waals surface area contributed by atoms with E-state index in [1.165, 1.54) is 6.33 Å². The van der Waals surface area contributed by atoms with Crippen molar-refractivity contribution in [3.63, 3.8) is 0 Å². The Morgan fingerprint density at radius 2 is 1.86 bits per heavy atom. The summed E-state index contributed by atoms with van der Waals surface area (Å²) in [5.41, 5.74) is 1.59. The Hall–Kier alpha value is -2.20. The van der Waals surface area contributed by atoms with Crippen LogP contribution in [0, 0.1) is 0 Å². The van der Waals surface area contributed by atoms with Crippen molar-refractivity contribution in [3.8, 4) is 11.6 Å². The second kappa shape index (κ2) is 5.66. The lowest BCUT2D eigenvalue weighted by Gasteiger charge is -2.14. The van der Waals surface area contributed by atoms with Gasteiger partial charge in [-0.2, -0.15) is 0 Å². The Morgan fingerprint density at radius 1 is 1.05 bits per heavy atom. The Morgan fingerprint density at radius 3 is 2.67 bits per heavy atom. The summed E-state index contributed by atoms with van der Waals surface area (Å²) in [4.78, 5) is 12.6. The number of para-hydroxylation sites is 1. The molecule has 0 spiro atoms. The average Bonchev–Trinajstić information content (AvgIpc) is 2.47. The summed E-state index contributed by atoms with van der Waals surface area (Å²) in [5, 5.41) is 1.43. The lowest BCUT2D eigenvalue weighted by Crippen LogP contribution is -2.00. The topological polar surface area (TPSA) is 47.9 Å². The first-order valence-electron chi connectivity index (χ1n) is 6.69. The summed E-state index contributed by atoms with van der Waals surface area (Å²) in [6, 6.07) is 9.68. The number of nitrogens with zero attached hydrogens (tertiary/aromatic N) is 3. The van der Waals surface area contributed by atoms with Gasteiger partial charge in [-0.25, -0.2) is 9.97 Å². The van der Waals surface area contributed by atoms with Gasteiger partial charge in [-0.05, 0) is 18.1 Å². The van der Waals surface area contributed by atoms with Gasteiger partial charge in [-0.15, -0.1) is 0 Å². The molecule has 2 heterocycles. The van der Waals surface area contributed by atoms with Crippen LogP contribution in [0.4, 0.5) is 0 Å². The first-order valence-corrected chi connectivity index (χ1v) is 7.06. The van der Waals surface area contributed by atoms with Crippen LogP contribution in [0.15, 0.2) is 42.9 Å². The zero-order valence-corrected chi connectivity index (χ0v) is 12.5. The lowest BCUT2D eigenvalue weighted by atomic mass is 10.1. The van der Waals surface area contributed by atoms with Crippen LogP contribution in [0.25, 0.3) is 10.9 Å². The van der Waals surface area contributed by atoms with E-state index in [0.717, 1.165) is 16.5 Å². The van der Waals surface area contributed by atoms with E-state index < -0.39 is 0 Å².